The van der Waals surface area contributed by atoms with Gasteiger partial charge < -0.3 is 19.3 Å². The van der Waals surface area contributed by atoms with Crippen molar-refractivity contribution in [2.24, 2.45) is 0 Å². The maximum absolute atomic E-state index is 13.9. The lowest BCUT2D eigenvalue weighted by molar-refractivity contribution is 0.0601. The van der Waals surface area contributed by atoms with E-state index in [2.05, 4.69) is 21.9 Å². The van der Waals surface area contributed by atoms with Crippen LogP contribution in [-0.2, 0) is 4.74 Å². The molecule has 4 aromatic rings. The molecule has 8 nitrogen and oxygen atoms in total. The van der Waals surface area contributed by atoms with Gasteiger partial charge in [-0.25, -0.2) is 14.3 Å². The molecule has 37 heavy (non-hydrogen) atoms. The lowest BCUT2D eigenvalue weighted by Gasteiger charge is -2.37. The number of ether oxygens (including phenoxy) is 2. The Balaban J connectivity index is 1.60. The molecule has 0 aliphatic carbocycles. The molecule has 0 bridgehead atoms. The number of fused-ring (bicyclic) bond motifs is 1. The second-order valence-corrected chi connectivity index (χ2v) is 9.27. The summed E-state index contributed by atoms with van der Waals surface area (Å²) in [6, 6.07) is 19.0. The number of carbonyl (C=O) groups excluding carboxylic acids is 1. The van der Waals surface area contributed by atoms with Gasteiger partial charge in [0.15, 0.2) is 0 Å². The number of aryl methyl sites for hydroxylation is 2. The summed E-state index contributed by atoms with van der Waals surface area (Å²) in [6.45, 7) is 6.84. The number of methoxy groups -OCH3 is 2. The number of esters is 1. The van der Waals surface area contributed by atoms with Crippen molar-refractivity contribution in [3.63, 3.8) is 0 Å². The molecular weight excluding hydrogens is 468 g/mol. The minimum atomic E-state index is -0.464. The van der Waals surface area contributed by atoms with Crippen molar-refractivity contribution < 1.29 is 14.3 Å². The van der Waals surface area contributed by atoms with Crippen LogP contribution in [0.25, 0.3) is 16.6 Å². The number of anilines is 2. The van der Waals surface area contributed by atoms with E-state index in [4.69, 9.17) is 14.5 Å². The number of rotatable bonds is 5. The van der Waals surface area contributed by atoms with E-state index in [0.717, 1.165) is 41.3 Å². The number of hydrogen-bond acceptors (Lipinski definition) is 7. The van der Waals surface area contributed by atoms with E-state index in [0.29, 0.717) is 35.5 Å². The second-order valence-electron chi connectivity index (χ2n) is 9.27. The predicted octanol–water partition coefficient (Wildman–Crippen LogP) is 4.12. The Morgan fingerprint density at radius 2 is 1.54 bits per heavy atom. The van der Waals surface area contributed by atoms with Gasteiger partial charge in [0, 0.05) is 26.2 Å². The van der Waals surface area contributed by atoms with Crippen molar-refractivity contribution >= 4 is 28.5 Å². The largest absolute Gasteiger partial charge is 0.495 e. The molecule has 1 saturated heterocycles. The second kappa shape index (κ2) is 9.97. The van der Waals surface area contributed by atoms with Crippen molar-refractivity contribution in [2.45, 2.75) is 13.8 Å². The summed E-state index contributed by atoms with van der Waals surface area (Å²) in [4.78, 5) is 35.4. The molecule has 1 aliphatic rings. The zero-order chi connectivity index (χ0) is 26.1. The Morgan fingerprint density at radius 3 is 2.22 bits per heavy atom. The third-order valence-corrected chi connectivity index (χ3v) is 6.73. The first kappa shape index (κ1) is 24.4. The smallest absolute Gasteiger partial charge is 0.337 e. The Hall–Kier alpha value is -4.33. The third-order valence-electron chi connectivity index (χ3n) is 6.73. The molecule has 190 valence electrons. The van der Waals surface area contributed by atoms with Crippen LogP contribution in [0.5, 0.6) is 5.75 Å². The van der Waals surface area contributed by atoms with E-state index in [1.54, 1.807) is 29.9 Å². The zero-order valence-electron chi connectivity index (χ0n) is 21.5. The summed E-state index contributed by atoms with van der Waals surface area (Å²) in [6.07, 6.45) is 0. The normalized spacial score (nSPS) is 13.6. The fourth-order valence-electron chi connectivity index (χ4n) is 4.98. The van der Waals surface area contributed by atoms with E-state index in [-0.39, 0.29) is 5.56 Å². The van der Waals surface area contributed by atoms with Gasteiger partial charge in [-0.15, -0.1) is 0 Å². The van der Waals surface area contributed by atoms with Gasteiger partial charge in [-0.1, -0.05) is 18.2 Å². The molecule has 0 atom stereocenters. The fraction of sp³-hybridized carbons (Fsp3) is 0.276. The summed E-state index contributed by atoms with van der Waals surface area (Å²) in [5.74, 6) is 0.931. The quantitative estimate of drug-likeness (QED) is 0.383. The highest BCUT2D eigenvalue weighted by Gasteiger charge is 2.25. The van der Waals surface area contributed by atoms with Crippen LogP contribution in [0, 0.1) is 13.8 Å². The highest BCUT2D eigenvalue weighted by molar-refractivity contribution is 5.94. The van der Waals surface area contributed by atoms with Crippen LogP contribution < -0.4 is 20.1 Å². The molecule has 1 fully saturated rings. The number of hydrogen-bond donors (Lipinski definition) is 0. The summed E-state index contributed by atoms with van der Waals surface area (Å²) < 4.78 is 12.1. The van der Waals surface area contributed by atoms with Crippen molar-refractivity contribution in [3.8, 4) is 11.4 Å². The van der Waals surface area contributed by atoms with E-state index < -0.39 is 5.97 Å². The van der Waals surface area contributed by atoms with Crippen LogP contribution in [-0.4, -0.2) is 55.9 Å². The van der Waals surface area contributed by atoms with Gasteiger partial charge in [0.2, 0.25) is 5.95 Å². The summed E-state index contributed by atoms with van der Waals surface area (Å²) in [7, 11) is 3.02. The predicted molar refractivity (Wildman–Crippen MR) is 146 cm³/mol. The molecule has 0 N–H and O–H groups in total. The van der Waals surface area contributed by atoms with Crippen LogP contribution in [0.4, 0.5) is 11.6 Å². The van der Waals surface area contributed by atoms with Crippen molar-refractivity contribution in [3.05, 3.63) is 87.7 Å². The van der Waals surface area contributed by atoms with Gasteiger partial charge in [-0.3, -0.25) is 4.79 Å². The molecule has 0 amide bonds. The SMILES string of the molecule is COC(=O)c1ccc2c(=O)n(-c3cc(C)cc(C)c3)c(N3CCN(c4ccccc4OC)CC3)nc2c1. The van der Waals surface area contributed by atoms with E-state index in [1.807, 2.05) is 44.2 Å². The Labute approximate surface area is 215 Å². The molecular formula is C29H30N4O4. The summed E-state index contributed by atoms with van der Waals surface area (Å²) in [5.41, 5.74) is 4.61. The van der Waals surface area contributed by atoms with Gasteiger partial charge in [0.25, 0.3) is 5.56 Å². The maximum atomic E-state index is 13.9. The van der Waals surface area contributed by atoms with Crippen molar-refractivity contribution in [1.29, 1.82) is 0 Å². The van der Waals surface area contributed by atoms with E-state index in [9.17, 15) is 9.59 Å². The molecule has 1 aromatic heterocycles. The monoisotopic (exact) mass is 498 g/mol. The Kier molecular flexibility index (Phi) is 6.56. The average Bonchev–Trinajstić information content (AvgIpc) is 2.91. The number of para-hydroxylation sites is 2. The number of carbonyl (C=O) groups is 1. The first-order valence-electron chi connectivity index (χ1n) is 12.3. The molecule has 0 saturated carbocycles. The molecule has 0 unspecified atom stereocenters. The van der Waals surface area contributed by atoms with Gasteiger partial charge in [-0.2, -0.15) is 0 Å². The number of benzene rings is 3. The minimum Gasteiger partial charge on any atom is -0.495 e. The minimum absolute atomic E-state index is 0.173. The Morgan fingerprint density at radius 1 is 0.865 bits per heavy atom. The number of nitrogens with zero attached hydrogens (tertiary/aromatic N) is 4. The molecule has 0 spiro atoms. The highest BCUT2D eigenvalue weighted by atomic mass is 16.5. The van der Waals surface area contributed by atoms with Crippen LogP contribution in [0.15, 0.2) is 65.5 Å². The van der Waals surface area contributed by atoms with Crippen LogP contribution >= 0.6 is 0 Å². The molecule has 3 aromatic carbocycles. The van der Waals surface area contributed by atoms with E-state index in [1.165, 1.54) is 7.11 Å². The molecule has 0 radical (unpaired) electrons. The highest BCUT2D eigenvalue weighted by Crippen LogP contribution is 2.30. The zero-order valence-corrected chi connectivity index (χ0v) is 21.5. The van der Waals surface area contributed by atoms with Gasteiger partial charge in [0.1, 0.15) is 5.75 Å². The average molecular weight is 499 g/mol. The van der Waals surface area contributed by atoms with Gasteiger partial charge >= 0.3 is 5.97 Å². The fourth-order valence-corrected chi connectivity index (χ4v) is 4.98. The van der Waals surface area contributed by atoms with Gasteiger partial charge in [0.05, 0.1) is 42.1 Å². The summed E-state index contributed by atoms with van der Waals surface area (Å²) >= 11 is 0. The lowest BCUT2D eigenvalue weighted by atomic mass is 10.1. The maximum Gasteiger partial charge on any atom is 0.337 e. The van der Waals surface area contributed by atoms with Crippen molar-refractivity contribution in [2.75, 3.05) is 50.2 Å². The summed E-state index contributed by atoms with van der Waals surface area (Å²) in [5, 5.41) is 0.447. The number of piperazine rings is 1. The van der Waals surface area contributed by atoms with Gasteiger partial charge in [-0.05, 0) is 67.4 Å². The topological polar surface area (TPSA) is 76.9 Å². The van der Waals surface area contributed by atoms with Crippen LogP contribution in [0.1, 0.15) is 21.5 Å². The lowest BCUT2D eigenvalue weighted by Crippen LogP contribution is -2.48. The number of aromatic nitrogens is 2. The van der Waals surface area contributed by atoms with E-state index >= 15 is 0 Å². The van der Waals surface area contributed by atoms with Crippen LogP contribution in [0.2, 0.25) is 0 Å². The first-order valence-corrected chi connectivity index (χ1v) is 12.3. The molecule has 8 heteroatoms. The standard InChI is InChI=1S/C29H30N4O4/c1-19-15-20(2)17-22(16-19)33-27(34)23-10-9-21(28(35)37-4)18-24(23)30-29(33)32-13-11-31(12-14-32)25-7-5-6-8-26(25)36-3/h5-10,15-18H,11-14H2,1-4H3. The molecule has 5 rings (SSSR count). The van der Waals surface area contributed by atoms with Crippen LogP contribution in [0.3, 0.4) is 0 Å². The molecule has 1 aliphatic heterocycles. The van der Waals surface area contributed by atoms with Crippen molar-refractivity contribution in [1.82, 2.24) is 9.55 Å². The Bertz CT molecular complexity index is 1520. The third kappa shape index (κ3) is 4.62. The molecule has 2 heterocycles. The first-order chi connectivity index (χ1) is 17.9.